The van der Waals surface area contributed by atoms with Crippen molar-refractivity contribution in [3.05, 3.63) is 191 Å². The van der Waals surface area contributed by atoms with Gasteiger partial charge >= 0.3 is 0 Å². The van der Waals surface area contributed by atoms with Crippen molar-refractivity contribution in [2.45, 2.75) is 19.3 Å². The smallest absolute Gasteiger partial charge is 0.127 e. The van der Waals surface area contributed by atoms with Gasteiger partial charge in [0.15, 0.2) is 0 Å². The lowest BCUT2D eigenvalue weighted by molar-refractivity contribution is 0.481. The van der Waals surface area contributed by atoms with Crippen LogP contribution in [0.2, 0.25) is 0 Å². The maximum atomic E-state index is 8.47. The van der Waals surface area contributed by atoms with Crippen LogP contribution in [0.1, 0.15) is 47.2 Å². The highest BCUT2D eigenvalue weighted by Crippen LogP contribution is 2.35. The molecule has 0 aliphatic carbocycles. The summed E-state index contributed by atoms with van der Waals surface area (Å²) in [5.74, 6) is 2.97. The van der Waals surface area contributed by atoms with Crippen molar-refractivity contribution in [2.24, 2.45) is 0 Å². The van der Waals surface area contributed by atoms with Crippen molar-refractivity contribution in [3.63, 3.8) is 0 Å². The monoisotopic (exact) mass is 586 g/mol. The zero-order valence-corrected chi connectivity index (χ0v) is 25.3. The fourth-order valence-electron chi connectivity index (χ4n) is 5.24. The lowest BCUT2D eigenvalue weighted by Gasteiger charge is -2.26. The van der Waals surface area contributed by atoms with E-state index in [1.807, 2.05) is 133 Å². The first kappa shape index (κ1) is 29.3. The van der Waals surface area contributed by atoms with Crippen LogP contribution in [0.5, 0.6) is 23.0 Å². The van der Waals surface area contributed by atoms with E-state index in [9.17, 15) is 0 Å². The summed E-state index contributed by atoms with van der Waals surface area (Å²) >= 11 is 0. The van der Waals surface area contributed by atoms with E-state index in [1.165, 1.54) is 11.1 Å². The molecule has 0 aliphatic heterocycles. The van der Waals surface area contributed by atoms with Crippen LogP contribution in [-0.4, -0.2) is 11.4 Å². The number of ether oxygens (including phenoxy) is 2. The number of hydrogen-bond donors (Lipinski definition) is 2. The first-order chi connectivity index (χ1) is 21.9. The average Bonchev–Trinajstić information content (AvgIpc) is 3.09. The molecule has 6 aromatic carbocycles. The second-order valence-electron chi connectivity index (χ2n) is 11.4. The fraction of sp³-hybridized carbons (Fsp3) is 0.0732. The zero-order valence-electron chi connectivity index (χ0n) is 25.3. The van der Waals surface area contributed by atoms with Crippen LogP contribution in [0.15, 0.2) is 158 Å². The third-order valence-electron chi connectivity index (χ3n) is 8.03. The summed E-state index contributed by atoms with van der Waals surface area (Å²) in [4.78, 5) is 0. The van der Waals surface area contributed by atoms with E-state index in [4.69, 9.17) is 20.3 Å². The molecule has 0 saturated carbocycles. The van der Waals surface area contributed by atoms with E-state index in [-0.39, 0.29) is 5.41 Å². The van der Waals surface area contributed by atoms with Gasteiger partial charge in [-0.25, -0.2) is 0 Å². The van der Waals surface area contributed by atoms with Gasteiger partial charge in [-0.3, -0.25) is 10.8 Å². The predicted octanol–water partition coefficient (Wildman–Crippen LogP) is 10.4. The first-order valence-corrected chi connectivity index (χ1v) is 14.9. The Morgan fingerprint density at radius 3 is 0.956 bits per heavy atom. The summed E-state index contributed by atoms with van der Waals surface area (Å²) in [7, 11) is 0. The molecule has 0 atom stereocenters. The molecular formula is C41H34N2O2. The minimum Gasteiger partial charge on any atom is -0.457 e. The quantitative estimate of drug-likeness (QED) is 0.157. The van der Waals surface area contributed by atoms with Crippen molar-refractivity contribution in [2.75, 3.05) is 0 Å². The van der Waals surface area contributed by atoms with E-state index in [0.717, 1.165) is 45.3 Å². The van der Waals surface area contributed by atoms with Gasteiger partial charge in [-0.15, -0.1) is 0 Å². The largest absolute Gasteiger partial charge is 0.457 e. The van der Waals surface area contributed by atoms with Gasteiger partial charge in [-0.1, -0.05) is 98.8 Å². The summed E-state index contributed by atoms with van der Waals surface area (Å²) in [5, 5.41) is 16.9. The van der Waals surface area contributed by atoms with Gasteiger partial charge in [0, 0.05) is 16.5 Å². The third-order valence-corrected chi connectivity index (χ3v) is 8.03. The second kappa shape index (κ2) is 12.9. The normalized spacial score (nSPS) is 11.1. The van der Waals surface area contributed by atoms with Crippen LogP contribution in [0.25, 0.3) is 0 Å². The molecule has 0 spiro atoms. The molecule has 0 bridgehead atoms. The maximum Gasteiger partial charge on any atom is 0.127 e. The molecule has 6 rings (SSSR count). The van der Waals surface area contributed by atoms with E-state index < -0.39 is 0 Å². The molecule has 4 nitrogen and oxygen atoms in total. The molecule has 2 N–H and O–H groups in total. The summed E-state index contributed by atoms with van der Waals surface area (Å²) in [6.45, 7) is 4.42. The number of hydrogen-bond acceptors (Lipinski definition) is 4. The Labute approximate surface area is 264 Å². The molecule has 0 radical (unpaired) electrons. The highest BCUT2D eigenvalue weighted by molar-refractivity contribution is 6.11. The third kappa shape index (κ3) is 6.76. The predicted molar refractivity (Wildman–Crippen MR) is 183 cm³/mol. The lowest BCUT2D eigenvalue weighted by Crippen LogP contribution is -2.18. The van der Waals surface area contributed by atoms with Crippen LogP contribution in [-0.2, 0) is 5.41 Å². The molecule has 0 amide bonds. The van der Waals surface area contributed by atoms with E-state index in [2.05, 4.69) is 38.1 Å². The molecule has 0 unspecified atom stereocenters. The molecular weight excluding hydrogens is 552 g/mol. The van der Waals surface area contributed by atoms with Crippen LogP contribution >= 0.6 is 0 Å². The average molecular weight is 587 g/mol. The first-order valence-electron chi connectivity index (χ1n) is 14.9. The maximum absolute atomic E-state index is 8.47. The fourth-order valence-corrected chi connectivity index (χ4v) is 5.24. The Bertz CT molecular complexity index is 1750. The van der Waals surface area contributed by atoms with Crippen molar-refractivity contribution in [1.29, 1.82) is 10.8 Å². The van der Waals surface area contributed by atoms with Gasteiger partial charge in [0.25, 0.3) is 0 Å². The Morgan fingerprint density at radius 1 is 0.378 bits per heavy atom. The highest BCUT2D eigenvalue weighted by atomic mass is 16.5. The lowest BCUT2D eigenvalue weighted by atomic mass is 9.78. The molecule has 0 saturated heterocycles. The Hall–Kier alpha value is -5.74. The van der Waals surface area contributed by atoms with E-state index in [0.29, 0.717) is 11.4 Å². The molecule has 45 heavy (non-hydrogen) atoms. The molecule has 0 aliphatic rings. The molecule has 0 fully saturated rings. The molecule has 4 heteroatoms. The summed E-state index contributed by atoms with van der Waals surface area (Å²) in [6, 6.07) is 51.1. The molecule has 6 aromatic rings. The van der Waals surface area contributed by atoms with Crippen LogP contribution in [0.3, 0.4) is 0 Å². The van der Waals surface area contributed by atoms with Crippen LogP contribution in [0, 0.1) is 10.8 Å². The minimum atomic E-state index is -0.226. The molecule has 0 heterocycles. The van der Waals surface area contributed by atoms with Gasteiger partial charge in [-0.2, -0.15) is 0 Å². The number of benzene rings is 6. The molecule has 220 valence electrons. The number of rotatable bonds is 10. The van der Waals surface area contributed by atoms with Gasteiger partial charge in [0.1, 0.15) is 23.0 Å². The second-order valence-corrected chi connectivity index (χ2v) is 11.4. The topological polar surface area (TPSA) is 66.2 Å². The van der Waals surface area contributed by atoms with Gasteiger partial charge < -0.3 is 9.47 Å². The standard InChI is InChI=1S/C41H34N2O2/c1-41(2,33-17-25-37(26-18-33)44-35-21-13-31(14-22-35)39(42)29-9-5-3-6-10-29)34-19-27-38(28-20-34)45-36-23-15-32(16-24-36)40(43)30-11-7-4-8-12-30/h3-28,42-43H,1-2H3. The van der Waals surface area contributed by atoms with Crippen molar-refractivity contribution in [1.82, 2.24) is 0 Å². The van der Waals surface area contributed by atoms with Crippen LogP contribution < -0.4 is 9.47 Å². The zero-order chi connectivity index (χ0) is 31.2. The van der Waals surface area contributed by atoms with Gasteiger partial charge in [-0.05, 0) is 95.1 Å². The SMILES string of the molecule is CC(C)(c1ccc(Oc2ccc(C(=N)c3ccccc3)cc2)cc1)c1ccc(Oc2ccc(C(=N)c3ccccc3)cc2)cc1. The van der Waals surface area contributed by atoms with Gasteiger partial charge in [0.2, 0.25) is 0 Å². The molecule has 0 aromatic heterocycles. The highest BCUT2D eigenvalue weighted by Gasteiger charge is 2.23. The summed E-state index contributed by atoms with van der Waals surface area (Å²) < 4.78 is 12.2. The summed E-state index contributed by atoms with van der Waals surface area (Å²) in [5.41, 5.74) is 6.57. The van der Waals surface area contributed by atoms with E-state index in [1.54, 1.807) is 0 Å². The summed E-state index contributed by atoms with van der Waals surface area (Å²) in [6.07, 6.45) is 0. The van der Waals surface area contributed by atoms with Gasteiger partial charge in [0.05, 0.1) is 11.4 Å². The van der Waals surface area contributed by atoms with Crippen molar-refractivity contribution >= 4 is 11.4 Å². The van der Waals surface area contributed by atoms with Crippen LogP contribution in [0.4, 0.5) is 0 Å². The minimum absolute atomic E-state index is 0.226. The Morgan fingerprint density at radius 2 is 0.644 bits per heavy atom. The Balaban J connectivity index is 1.07. The number of nitrogens with one attached hydrogen (secondary N) is 2. The van der Waals surface area contributed by atoms with Crippen molar-refractivity contribution in [3.8, 4) is 23.0 Å². The van der Waals surface area contributed by atoms with E-state index >= 15 is 0 Å². The van der Waals surface area contributed by atoms with Crippen molar-refractivity contribution < 1.29 is 9.47 Å². The Kier molecular flexibility index (Phi) is 8.39.